The Bertz CT molecular complexity index is 457. The fourth-order valence-corrected chi connectivity index (χ4v) is 1.98. The number of nitrogens with zero attached hydrogens (tertiary/aromatic N) is 1. The van der Waals surface area contributed by atoms with E-state index in [9.17, 15) is 9.59 Å². The second-order valence-corrected chi connectivity index (χ2v) is 5.16. The summed E-state index contributed by atoms with van der Waals surface area (Å²) < 4.78 is 7.53. The van der Waals surface area contributed by atoms with Gasteiger partial charge in [-0.05, 0) is 35.8 Å². The molecule has 7 heteroatoms. The number of carboxylic acid groups (broad SMARTS) is 1. The summed E-state index contributed by atoms with van der Waals surface area (Å²) in [5.41, 5.74) is 0.556. The topological polar surface area (TPSA) is 80.6 Å². The van der Waals surface area contributed by atoms with E-state index in [-0.39, 0.29) is 31.7 Å². The summed E-state index contributed by atoms with van der Waals surface area (Å²) in [7, 11) is 0. The van der Waals surface area contributed by atoms with Crippen LogP contribution in [0.15, 0.2) is 16.7 Å². The molecule has 0 aliphatic carbocycles. The summed E-state index contributed by atoms with van der Waals surface area (Å²) in [6, 6.07) is 1.92. The predicted octanol–water partition coefficient (Wildman–Crippen LogP) is 1.66. The summed E-state index contributed by atoms with van der Waals surface area (Å²) in [6.07, 6.45) is 1.85. The van der Waals surface area contributed by atoms with Gasteiger partial charge in [0.15, 0.2) is 0 Å². The zero-order valence-electron chi connectivity index (χ0n) is 10.9. The first-order valence-corrected chi connectivity index (χ1v) is 6.66. The van der Waals surface area contributed by atoms with Gasteiger partial charge in [-0.15, -0.1) is 0 Å². The van der Waals surface area contributed by atoms with E-state index in [1.165, 1.54) is 0 Å². The lowest BCUT2D eigenvalue weighted by Gasteiger charge is -2.12. The van der Waals surface area contributed by atoms with Crippen molar-refractivity contribution in [2.45, 2.75) is 19.9 Å². The van der Waals surface area contributed by atoms with E-state index in [0.717, 1.165) is 4.47 Å². The molecule has 106 valence electrons. The van der Waals surface area contributed by atoms with Crippen molar-refractivity contribution in [1.82, 2.24) is 9.88 Å². The highest BCUT2D eigenvalue weighted by atomic mass is 79.9. The quantitative estimate of drug-likeness (QED) is 0.744. The molecule has 0 spiro atoms. The number of nitrogens with one attached hydrogen (secondary N) is 1. The normalized spacial score (nSPS) is 10.7. The van der Waals surface area contributed by atoms with Gasteiger partial charge < -0.3 is 19.7 Å². The Morgan fingerprint density at radius 2 is 2.21 bits per heavy atom. The average molecular weight is 333 g/mol. The fourth-order valence-electron chi connectivity index (χ4n) is 1.54. The van der Waals surface area contributed by atoms with Crippen LogP contribution >= 0.6 is 15.9 Å². The van der Waals surface area contributed by atoms with Gasteiger partial charge in [-0.2, -0.15) is 0 Å². The lowest BCUT2D eigenvalue weighted by molar-refractivity contribution is -0.142. The lowest BCUT2D eigenvalue weighted by Crippen LogP contribution is -2.29. The molecule has 0 aromatic carbocycles. The number of hydrogen-bond acceptors (Lipinski definition) is 3. The molecule has 0 bridgehead atoms. The number of ether oxygens (including phenoxy) is 1. The molecule has 6 nitrogen and oxygen atoms in total. The Morgan fingerprint density at radius 3 is 2.79 bits per heavy atom. The molecule has 1 rings (SSSR count). The lowest BCUT2D eigenvalue weighted by atomic mass is 10.3. The highest BCUT2D eigenvalue weighted by Crippen LogP contribution is 2.19. The number of carbonyl (C=O) groups excluding carboxylic acids is 1. The summed E-state index contributed by atoms with van der Waals surface area (Å²) in [5.74, 6) is -1.23. The largest absolute Gasteiger partial charge is 0.480 e. The minimum atomic E-state index is -1.02. The fraction of sp³-hybridized carbons (Fsp3) is 0.500. The Balaban J connectivity index is 2.47. The summed E-state index contributed by atoms with van der Waals surface area (Å²) in [4.78, 5) is 22.2. The van der Waals surface area contributed by atoms with Crippen LogP contribution in [-0.2, 0) is 9.53 Å². The Kier molecular flexibility index (Phi) is 6.04. The van der Waals surface area contributed by atoms with Gasteiger partial charge in [0.25, 0.3) is 5.91 Å². The highest BCUT2D eigenvalue weighted by molar-refractivity contribution is 9.10. The Hall–Kier alpha value is -1.34. The number of carboxylic acids is 1. The Labute approximate surface area is 119 Å². The molecule has 0 saturated heterocycles. The highest BCUT2D eigenvalue weighted by Gasteiger charge is 2.14. The van der Waals surface area contributed by atoms with Crippen LogP contribution in [0, 0.1) is 0 Å². The molecule has 0 aliphatic rings. The molecule has 0 radical (unpaired) electrons. The van der Waals surface area contributed by atoms with E-state index in [4.69, 9.17) is 9.84 Å². The van der Waals surface area contributed by atoms with E-state index in [2.05, 4.69) is 21.2 Å². The van der Waals surface area contributed by atoms with Crippen molar-refractivity contribution in [2.24, 2.45) is 0 Å². The maximum Gasteiger partial charge on any atom is 0.329 e. The molecule has 2 N–H and O–H groups in total. The molecule has 1 aromatic rings. The van der Waals surface area contributed by atoms with Crippen molar-refractivity contribution < 1.29 is 19.4 Å². The van der Waals surface area contributed by atoms with Crippen molar-refractivity contribution >= 4 is 27.8 Å². The van der Waals surface area contributed by atoms with Crippen LogP contribution in [0.3, 0.4) is 0 Å². The van der Waals surface area contributed by atoms with Crippen molar-refractivity contribution in [3.8, 4) is 0 Å². The second-order valence-electron chi connectivity index (χ2n) is 4.25. The number of aromatic nitrogens is 1. The van der Waals surface area contributed by atoms with Crippen LogP contribution < -0.4 is 5.32 Å². The molecular weight excluding hydrogens is 316 g/mol. The number of halogens is 1. The average Bonchev–Trinajstić information content (AvgIpc) is 2.70. The molecule has 0 atom stereocenters. The van der Waals surface area contributed by atoms with Gasteiger partial charge in [0.05, 0.1) is 6.61 Å². The van der Waals surface area contributed by atoms with Gasteiger partial charge in [-0.25, -0.2) is 4.79 Å². The molecule has 0 aliphatic heterocycles. The van der Waals surface area contributed by atoms with Gasteiger partial charge in [-0.1, -0.05) is 0 Å². The van der Waals surface area contributed by atoms with Crippen LogP contribution in [0.1, 0.15) is 30.4 Å². The number of rotatable bonds is 7. The SMILES string of the molecule is CC(C)n1cc(Br)cc1C(=O)NCCOCC(=O)O. The third-order valence-electron chi connectivity index (χ3n) is 2.36. The van der Waals surface area contributed by atoms with Crippen LogP contribution in [0.25, 0.3) is 0 Å². The number of carbonyl (C=O) groups is 2. The van der Waals surface area contributed by atoms with E-state index >= 15 is 0 Å². The van der Waals surface area contributed by atoms with Gasteiger partial charge in [0.1, 0.15) is 12.3 Å². The first-order valence-electron chi connectivity index (χ1n) is 5.87. The van der Waals surface area contributed by atoms with E-state index < -0.39 is 5.97 Å². The molecule has 0 fully saturated rings. The molecule has 19 heavy (non-hydrogen) atoms. The number of aliphatic carboxylic acids is 1. The zero-order valence-corrected chi connectivity index (χ0v) is 12.4. The molecule has 1 aromatic heterocycles. The maximum absolute atomic E-state index is 12.0. The summed E-state index contributed by atoms with van der Waals surface area (Å²) in [6.45, 7) is 4.05. The van der Waals surface area contributed by atoms with Crippen molar-refractivity contribution in [3.63, 3.8) is 0 Å². The van der Waals surface area contributed by atoms with Crippen molar-refractivity contribution in [3.05, 3.63) is 22.4 Å². The van der Waals surface area contributed by atoms with Crippen LogP contribution in [0.2, 0.25) is 0 Å². The standard InChI is InChI=1S/C12H17BrN2O4/c1-8(2)15-6-9(13)5-10(15)12(18)14-3-4-19-7-11(16)17/h5-6,8H,3-4,7H2,1-2H3,(H,14,18)(H,16,17). The van der Waals surface area contributed by atoms with E-state index in [1.807, 2.05) is 24.6 Å². The third-order valence-corrected chi connectivity index (χ3v) is 2.80. The van der Waals surface area contributed by atoms with Gasteiger partial charge >= 0.3 is 5.97 Å². The molecular formula is C12H17BrN2O4. The van der Waals surface area contributed by atoms with Crippen LogP contribution in [0.5, 0.6) is 0 Å². The van der Waals surface area contributed by atoms with Crippen molar-refractivity contribution in [2.75, 3.05) is 19.8 Å². The molecule has 1 heterocycles. The Morgan fingerprint density at radius 1 is 1.53 bits per heavy atom. The van der Waals surface area contributed by atoms with Crippen LogP contribution in [-0.4, -0.2) is 41.3 Å². The minimum Gasteiger partial charge on any atom is -0.480 e. The van der Waals surface area contributed by atoms with Gasteiger partial charge in [0, 0.05) is 23.3 Å². The summed E-state index contributed by atoms with van der Waals surface area (Å²) in [5, 5.41) is 11.1. The first kappa shape index (κ1) is 15.7. The maximum atomic E-state index is 12.0. The molecule has 0 unspecified atom stereocenters. The number of amides is 1. The smallest absolute Gasteiger partial charge is 0.329 e. The molecule has 1 amide bonds. The third kappa shape index (κ3) is 5.04. The van der Waals surface area contributed by atoms with Gasteiger partial charge in [0.2, 0.25) is 0 Å². The van der Waals surface area contributed by atoms with Crippen molar-refractivity contribution in [1.29, 1.82) is 0 Å². The number of hydrogen-bond donors (Lipinski definition) is 2. The summed E-state index contributed by atoms with van der Waals surface area (Å²) >= 11 is 3.34. The second kappa shape index (κ2) is 7.30. The minimum absolute atomic E-state index is 0.168. The van der Waals surface area contributed by atoms with Gasteiger partial charge in [-0.3, -0.25) is 4.79 Å². The monoisotopic (exact) mass is 332 g/mol. The zero-order chi connectivity index (χ0) is 14.4. The van der Waals surface area contributed by atoms with Crippen LogP contribution in [0.4, 0.5) is 0 Å². The van der Waals surface area contributed by atoms with E-state index in [1.54, 1.807) is 6.07 Å². The first-order chi connectivity index (χ1) is 8.91. The predicted molar refractivity (Wildman–Crippen MR) is 73.3 cm³/mol. The van der Waals surface area contributed by atoms with E-state index in [0.29, 0.717) is 5.69 Å². The molecule has 0 saturated carbocycles.